The van der Waals surface area contributed by atoms with Crippen LogP contribution in [0, 0.1) is 5.92 Å². The van der Waals surface area contributed by atoms with Gasteiger partial charge in [-0.3, -0.25) is 0 Å². The third-order valence-corrected chi connectivity index (χ3v) is 2.00. The third-order valence-electron chi connectivity index (χ3n) is 2.00. The first kappa shape index (κ1) is 8.27. The zero-order valence-electron chi connectivity index (χ0n) is 6.72. The molecule has 0 aromatic rings. The molecule has 0 amide bonds. The fourth-order valence-corrected chi connectivity index (χ4v) is 1.25. The van der Waals surface area contributed by atoms with Crippen molar-refractivity contribution in [3.05, 3.63) is 12.2 Å². The molecule has 3 heteroatoms. The van der Waals surface area contributed by atoms with E-state index in [2.05, 4.69) is 16.6 Å². The van der Waals surface area contributed by atoms with E-state index in [0.717, 1.165) is 19.5 Å². The van der Waals surface area contributed by atoms with Crippen molar-refractivity contribution in [1.82, 2.24) is 5.32 Å². The molecule has 0 saturated carbocycles. The van der Waals surface area contributed by atoms with Gasteiger partial charge in [0.05, 0.1) is 7.11 Å². The van der Waals surface area contributed by atoms with Gasteiger partial charge in [0.25, 0.3) is 0 Å². The van der Waals surface area contributed by atoms with Crippen LogP contribution in [0.2, 0.25) is 0 Å². The van der Waals surface area contributed by atoms with E-state index in [9.17, 15) is 4.79 Å². The highest BCUT2D eigenvalue weighted by Gasteiger charge is 2.22. The largest absolute Gasteiger partial charge is 0.466 e. The Morgan fingerprint density at radius 1 is 1.73 bits per heavy atom. The standard InChI is InChI=1S/C8H13NO2/c1-6(8(10)11-2)7-3-4-9-5-7/h7,9H,1,3-5H2,2H3. The van der Waals surface area contributed by atoms with Crippen molar-refractivity contribution < 1.29 is 9.53 Å². The maximum absolute atomic E-state index is 10.9. The summed E-state index contributed by atoms with van der Waals surface area (Å²) in [5, 5.41) is 3.16. The second-order valence-corrected chi connectivity index (χ2v) is 2.71. The minimum atomic E-state index is -0.279. The molecule has 62 valence electrons. The monoisotopic (exact) mass is 155 g/mol. The molecule has 1 unspecified atom stereocenters. The lowest BCUT2D eigenvalue weighted by Crippen LogP contribution is -2.16. The highest BCUT2D eigenvalue weighted by atomic mass is 16.5. The predicted molar refractivity (Wildman–Crippen MR) is 42.1 cm³/mol. The smallest absolute Gasteiger partial charge is 0.333 e. The molecule has 1 atom stereocenters. The minimum absolute atomic E-state index is 0.279. The summed E-state index contributed by atoms with van der Waals surface area (Å²) >= 11 is 0. The average Bonchev–Trinajstić information content (AvgIpc) is 2.53. The van der Waals surface area contributed by atoms with Gasteiger partial charge < -0.3 is 10.1 Å². The molecular weight excluding hydrogens is 142 g/mol. The quantitative estimate of drug-likeness (QED) is 0.461. The van der Waals surface area contributed by atoms with Crippen LogP contribution < -0.4 is 5.32 Å². The molecule has 0 bridgehead atoms. The van der Waals surface area contributed by atoms with E-state index in [1.54, 1.807) is 0 Å². The second kappa shape index (κ2) is 3.53. The molecule has 0 aromatic carbocycles. The first-order valence-electron chi connectivity index (χ1n) is 3.73. The summed E-state index contributed by atoms with van der Waals surface area (Å²) in [6.07, 6.45) is 0.994. The number of hydrogen-bond donors (Lipinski definition) is 1. The Morgan fingerprint density at radius 2 is 2.45 bits per heavy atom. The van der Waals surface area contributed by atoms with Crippen LogP contribution in [-0.2, 0) is 9.53 Å². The van der Waals surface area contributed by atoms with E-state index in [1.165, 1.54) is 7.11 Å². The van der Waals surface area contributed by atoms with Crippen molar-refractivity contribution >= 4 is 5.97 Å². The van der Waals surface area contributed by atoms with Crippen molar-refractivity contribution in [3.63, 3.8) is 0 Å². The van der Waals surface area contributed by atoms with Gasteiger partial charge in [-0.2, -0.15) is 0 Å². The van der Waals surface area contributed by atoms with E-state index in [0.29, 0.717) is 5.57 Å². The number of nitrogens with one attached hydrogen (secondary N) is 1. The predicted octanol–water partition coefficient (Wildman–Crippen LogP) is 0.325. The number of carbonyl (C=O) groups is 1. The Morgan fingerprint density at radius 3 is 2.91 bits per heavy atom. The summed E-state index contributed by atoms with van der Waals surface area (Å²) < 4.78 is 4.56. The summed E-state index contributed by atoms with van der Waals surface area (Å²) in [5.41, 5.74) is 0.595. The number of esters is 1. The van der Waals surface area contributed by atoms with Crippen LogP contribution in [0.3, 0.4) is 0 Å². The van der Waals surface area contributed by atoms with Gasteiger partial charge in [0.15, 0.2) is 0 Å². The molecule has 1 rings (SSSR count). The van der Waals surface area contributed by atoms with Crippen LogP contribution in [0.25, 0.3) is 0 Å². The maximum Gasteiger partial charge on any atom is 0.333 e. The molecule has 3 nitrogen and oxygen atoms in total. The lowest BCUT2D eigenvalue weighted by Gasteiger charge is -2.08. The summed E-state index contributed by atoms with van der Waals surface area (Å²) in [4.78, 5) is 10.9. The maximum atomic E-state index is 10.9. The lowest BCUT2D eigenvalue weighted by atomic mass is 10.0. The number of carbonyl (C=O) groups excluding carboxylic acids is 1. The molecule has 1 aliphatic heterocycles. The van der Waals surface area contributed by atoms with Crippen LogP contribution in [0.4, 0.5) is 0 Å². The van der Waals surface area contributed by atoms with Crippen LogP contribution in [0.15, 0.2) is 12.2 Å². The van der Waals surface area contributed by atoms with Gasteiger partial charge in [0.2, 0.25) is 0 Å². The molecule has 1 fully saturated rings. The Hall–Kier alpha value is -0.830. The van der Waals surface area contributed by atoms with E-state index in [-0.39, 0.29) is 11.9 Å². The van der Waals surface area contributed by atoms with Crippen molar-refractivity contribution in [2.75, 3.05) is 20.2 Å². The number of hydrogen-bond acceptors (Lipinski definition) is 3. The van der Waals surface area contributed by atoms with Gasteiger partial charge in [0.1, 0.15) is 0 Å². The van der Waals surface area contributed by atoms with Gasteiger partial charge in [0, 0.05) is 18.0 Å². The highest BCUT2D eigenvalue weighted by molar-refractivity contribution is 5.88. The zero-order valence-corrected chi connectivity index (χ0v) is 6.72. The minimum Gasteiger partial charge on any atom is -0.466 e. The van der Waals surface area contributed by atoms with Gasteiger partial charge in [-0.05, 0) is 13.0 Å². The third kappa shape index (κ3) is 1.80. The molecule has 1 aliphatic rings. The molecule has 1 heterocycles. The van der Waals surface area contributed by atoms with Crippen molar-refractivity contribution in [1.29, 1.82) is 0 Å². The second-order valence-electron chi connectivity index (χ2n) is 2.71. The Bertz CT molecular complexity index is 171. The van der Waals surface area contributed by atoms with Crippen LogP contribution in [0.1, 0.15) is 6.42 Å². The molecule has 1 saturated heterocycles. The Labute approximate surface area is 66.4 Å². The van der Waals surface area contributed by atoms with Crippen LogP contribution in [-0.4, -0.2) is 26.2 Å². The topological polar surface area (TPSA) is 38.3 Å². The fraction of sp³-hybridized carbons (Fsp3) is 0.625. The average molecular weight is 155 g/mol. The molecular formula is C8H13NO2. The number of methoxy groups -OCH3 is 1. The normalized spacial score (nSPS) is 23.2. The Kier molecular flexibility index (Phi) is 2.65. The molecule has 11 heavy (non-hydrogen) atoms. The summed E-state index contributed by atoms with van der Waals surface area (Å²) in [6.45, 7) is 5.52. The fourth-order valence-electron chi connectivity index (χ4n) is 1.25. The van der Waals surface area contributed by atoms with E-state index in [4.69, 9.17) is 0 Å². The van der Waals surface area contributed by atoms with Crippen LogP contribution in [0.5, 0.6) is 0 Å². The lowest BCUT2D eigenvalue weighted by molar-refractivity contribution is -0.136. The number of ether oxygens (including phenoxy) is 1. The van der Waals surface area contributed by atoms with Crippen molar-refractivity contribution in [3.8, 4) is 0 Å². The Balaban J connectivity index is 2.46. The van der Waals surface area contributed by atoms with E-state index in [1.807, 2.05) is 0 Å². The van der Waals surface area contributed by atoms with E-state index < -0.39 is 0 Å². The summed E-state index contributed by atoms with van der Waals surface area (Å²) in [6, 6.07) is 0. The van der Waals surface area contributed by atoms with Gasteiger partial charge in [-0.1, -0.05) is 6.58 Å². The van der Waals surface area contributed by atoms with Gasteiger partial charge in [-0.15, -0.1) is 0 Å². The summed E-state index contributed by atoms with van der Waals surface area (Å²) in [5.74, 6) is 0.00106. The zero-order chi connectivity index (χ0) is 8.27. The molecule has 0 aliphatic carbocycles. The van der Waals surface area contributed by atoms with E-state index >= 15 is 0 Å². The van der Waals surface area contributed by atoms with Crippen molar-refractivity contribution in [2.45, 2.75) is 6.42 Å². The first-order chi connectivity index (χ1) is 5.25. The summed E-state index contributed by atoms with van der Waals surface area (Å²) in [7, 11) is 1.38. The van der Waals surface area contributed by atoms with Crippen LogP contribution >= 0.6 is 0 Å². The molecule has 0 radical (unpaired) electrons. The van der Waals surface area contributed by atoms with Crippen molar-refractivity contribution in [2.24, 2.45) is 5.92 Å². The van der Waals surface area contributed by atoms with Gasteiger partial charge >= 0.3 is 5.97 Å². The molecule has 1 N–H and O–H groups in total. The SMILES string of the molecule is C=C(C(=O)OC)C1CCNC1. The van der Waals surface area contributed by atoms with Gasteiger partial charge in [-0.25, -0.2) is 4.79 Å². The highest BCUT2D eigenvalue weighted by Crippen LogP contribution is 2.17. The molecule has 0 spiro atoms. The number of rotatable bonds is 2. The molecule has 0 aromatic heterocycles. The first-order valence-corrected chi connectivity index (χ1v) is 3.73.